The van der Waals surface area contributed by atoms with E-state index in [9.17, 15) is 4.79 Å². The van der Waals surface area contributed by atoms with Gasteiger partial charge in [0.25, 0.3) is 5.91 Å². The molecular weight excluding hydrogens is 368 g/mol. The highest BCUT2D eigenvalue weighted by Gasteiger charge is 2.20. The van der Waals surface area contributed by atoms with Crippen LogP contribution >= 0.6 is 0 Å². The lowest BCUT2D eigenvalue weighted by Crippen LogP contribution is -2.34. The van der Waals surface area contributed by atoms with Gasteiger partial charge in [0.2, 0.25) is 0 Å². The first-order valence-electron chi connectivity index (χ1n) is 9.56. The van der Waals surface area contributed by atoms with E-state index >= 15 is 0 Å². The fourth-order valence-corrected chi connectivity index (χ4v) is 3.44. The topological polar surface area (TPSA) is 79.5 Å². The zero-order valence-electron chi connectivity index (χ0n) is 16.5. The number of fused-ring (bicyclic) bond motifs is 1. The second-order valence-corrected chi connectivity index (χ2v) is 7.12. The van der Waals surface area contributed by atoms with Crippen molar-refractivity contribution in [1.29, 1.82) is 0 Å². The van der Waals surface area contributed by atoms with Crippen LogP contribution in [0.15, 0.2) is 54.7 Å². The molecule has 1 atom stereocenters. The molecule has 29 heavy (non-hydrogen) atoms. The number of aromatic nitrogens is 2. The minimum absolute atomic E-state index is 0.0739. The first-order chi connectivity index (χ1) is 14.1. The fourth-order valence-electron chi connectivity index (χ4n) is 3.44. The van der Waals surface area contributed by atoms with Gasteiger partial charge in [0, 0.05) is 12.1 Å². The van der Waals surface area contributed by atoms with Crippen LogP contribution < -0.4 is 14.8 Å². The zero-order valence-corrected chi connectivity index (χ0v) is 16.5. The molecule has 1 aromatic heterocycles. The highest BCUT2D eigenvalue weighted by Crippen LogP contribution is 2.34. The summed E-state index contributed by atoms with van der Waals surface area (Å²) in [5, 5.41) is 10.1. The Morgan fingerprint density at radius 2 is 1.90 bits per heavy atom. The summed E-state index contributed by atoms with van der Waals surface area (Å²) in [6.07, 6.45) is 1.55. The van der Waals surface area contributed by atoms with E-state index in [-0.39, 0.29) is 11.9 Å². The molecule has 2 N–H and O–H groups in total. The van der Waals surface area contributed by atoms with Gasteiger partial charge in [-0.25, -0.2) is 0 Å². The Morgan fingerprint density at radius 3 is 2.66 bits per heavy atom. The lowest BCUT2D eigenvalue weighted by molar-refractivity contribution is 0.0942. The van der Waals surface area contributed by atoms with Crippen molar-refractivity contribution in [3.05, 3.63) is 65.9 Å². The van der Waals surface area contributed by atoms with Crippen molar-refractivity contribution in [2.45, 2.75) is 6.04 Å². The number of rotatable bonds is 6. The molecule has 7 nitrogen and oxygen atoms in total. The predicted octanol–water partition coefficient (Wildman–Crippen LogP) is 2.88. The fraction of sp³-hybridized carbons (Fsp3) is 0.273. The van der Waals surface area contributed by atoms with E-state index in [1.165, 1.54) is 0 Å². The van der Waals surface area contributed by atoms with Gasteiger partial charge in [0.1, 0.15) is 13.2 Å². The number of likely N-dealkylation sites (N-methyl/N-ethyl adjacent to an activating group) is 1. The van der Waals surface area contributed by atoms with Gasteiger partial charge >= 0.3 is 0 Å². The van der Waals surface area contributed by atoms with Crippen molar-refractivity contribution < 1.29 is 14.3 Å². The molecule has 2 heterocycles. The number of carbonyl (C=O) groups is 1. The molecule has 1 aliphatic rings. The zero-order chi connectivity index (χ0) is 20.2. The van der Waals surface area contributed by atoms with Crippen molar-refractivity contribution in [3.63, 3.8) is 0 Å². The maximum Gasteiger partial charge on any atom is 0.255 e. The predicted molar refractivity (Wildman–Crippen MR) is 110 cm³/mol. The molecule has 0 saturated carbocycles. The lowest BCUT2D eigenvalue weighted by atomic mass is 10.0. The molecule has 4 rings (SSSR count). The summed E-state index contributed by atoms with van der Waals surface area (Å²) in [6.45, 7) is 1.54. The van der Waals surface area contributed by atoms with E-state index in [0.29, 0.717) is 42.5 Å². The third-order valence-corrected chi connectivity index (χ3v) is 4.98. The van der Waals surface area contributed by atoms with Crippen LogP contribution in [0.1, 0.15) is 22.0 Å². The van der Waals surface area contributed by atoms with Crippen molar-refractivity contribution in [3.8, 4) is 22.8 Å². The van der Waals surface area contributed by atoms with Crippen molar-refractivity contribution in [2.75, 3.05) is 33.9 Å². The van der Waals surface area contributed by atoms with Crippen LogP contribution in [0.5, 0.6) is 11.5 Å². The average Bonchev–Trinajstić information content (AvgIpc) is 3.24. The summed E-state index contributed by atoms with van der Waals surface area (Å²) in [6, 6.07) is 15.8. The monoisotopic (exact) mass is 392 g/mol. The van der Waals surface area contributed by atoms with E-state index in [1.54, 1.807) is 6.20 Å². The molecule has 1 amide bonds. The van der Waals surface area contributed by atoms with Crippen molar-refractivity contribution in [2.24, 2.45) is 0 Å². The third-order valence-electron chi connectivity index (χ3n) is 4.98. The molecule has 1 unspecified atom stereocenters. The van der Waals surface area contributed by atoms with Gasteiger partial charge in [-0.3, -0.25) is 9.89 Å². The number of nitrogens with one attached hydrogen (secondary N) is 2. The van der Waals surface area contributed by atoms with Crippen LogP contribution in [0.25, 0.3) is 11.3 Å². The van der Waals surface area contributed by atoms with Crippen molar-refractivity contribution >= 4 is 5.91 Å². The Bertz CT molecular complexity index is 985. The minimum atomic E-state index is -0.175. The number of amides is 1. The first-order valence-corrected chi connectivity index (χ1v) is 9.56. The van der Waals surface area contributed by atoms with Crippen LogP contribution in [0.4, 0.5) is 0 Å². The summed E-state index contributed by atoms with van der Waals surface area (Å²) >= 11 is 0. The summed E-state index contributed by atoms with van der Waals surface area (Å²) < 4.78 is 11.2. The van der Waals surface area contributed by atoms with Gasteiger partial charge in [-0.1, -0.05) is 30.3 Å². The number of hydrogen-bond donors (Lipinski definition) is 2. The number of aromatic amines is 1. The molecule has 0 radical (unpaired) electrons. The number of benzene rings is 2. The summed E-state index contributed by atoms with van der Waals surface area (Å²) in [5.41, 5.74) is 3.12. The molecule has 0 fully saturated rings. The lowest BCUT2D eigenvalue weighted by Gasteiger charge is -2.25. The normalized spacial score (nSPS) is 13.9. The Hall–Kier alpha value is -3.32. The van der Waals surface area contributed by atoms with E-state index in [4.69, 9.17) is 9.47 Å². The first kappa shape index (κ1) is 19.0. The maximum absolute atomic E-state index is 12.9. The molecule has 2 aromatic carbocycles. The van der Waals surface area contributed by atoms with E-state index < -0.39 is 0 Å². The van der Waals surface area contributed by atoms with E-state index in [1.807, 2.05) is 50.5 Å². The minimum Gasteiger partial charge on any atom is -0.486 e. The molecule has 0 bridgehead atoms. The van der Waals surface area contributed by atoms with Gasteiger partial charge in [-0.2, -0.15) is 5.10 Å². The van der Waals surface area contributed by atoms with Gasteiger partial charge in [-0.05, 0) is 37.9 Å². The number of H-pyrrole nitrogens is 1. The Balaban J connectivity index is 1.51. The molecule has 150 valence electrons. The molecule has 0 spiro atoms. The molecule has 7 heteroatoms. The number of ether oxygens (including phenoxy) is 2. The SMILES string of the molecule is CN(C)C(CNC(=O)c1cn[nH]c1-c1ccc2c(c1)OCCO2)c1ccccc1. The number of nitrogens with zero attached hydrogens (tertiary/aromatic N) is 2. The van der Waals surface area contributed by atoms with Crippen LogP contribution in [-0.4, -0.2) is 54.9 Å². The standard InChI is InChI=1S/C22H24N4O3/c1-26(2)18(15-6-4-3-5-7-15)14-23-22(27)17-13-24-25-21(17)16-8-9-19-20(12-16)29-11-10-28-19/h3-9,12-13,18H,10-11,14H2,1-2H3,(H,23,27)(H,24,25). The van der Waals surface area contributed by atoms with Crippen LogP contribution in [-0.2, 0) is 0 Å². The third kappa shape index (κ3) is 4.09. The van der Waals surface area contributed by atoms with Crippen molar-refractivity contribution in [1.82, 2.24) is 20.4 Å². The highest BCUT2D eigenvalue weighted by atomic mass is 16.6. The number of carbonyl (C=O) groups excluding carboxylic acids is 1. The van der Waals surface area contributed by atoms with Gasteiger partial charge in [-0.15, -0.1) is 0 Å². The molecule has 1 aliphatic heterocycles. The largest absolute Gasteiger partial charge is 0.486 e. The van der Waals surface area contributed by atoms with Gasteiger partial charge in [0.05, 0.1) is 23.5 Å². The second-order valence-electron chi connectivity index (χ2n) is 7.12. The maximum atomic E-state index is 12.9. The van der Waals surface area contributed by atoms with E-state index in [0.717, 1.165) is 11.1 Å². The summed E-state index contributed by atoms with van der Waals surface area (Å²) in [5.74, 6) is 1.21. The molecule has 0 saturated heterocycles. The quantitative estimate of drug-likeness (QED) is 0.674. The van der Waals surface area contributed by atoms with E-state index in [2.05, 4.69) is 32.5 Å². The highest BCUT2D eigenvalue weighted by molar-refractivity contribution is 5.99. The van der Waals surface area contributed by atoms with Crippen LogP contribution in [0.3, 0.4) is 0 Å². The molecule has 0 aliphatic carbocycles. The Kier molecular flexibility index (Phi) is 5.48. The van der Waals surface area contributed by atoms with Crippen LogP contribution in [0, 0.1) is 0 Å². The summed E-state index contributed by atoms with van der Waals surface area (Å²) in [4.78, 5) is 15.0. The average molecular weight is 392 g/mol. The van der Waals surface area contributed by atoms with Crippen LogP contribution in [0.2, 0.25) is 0 Å². The molecular formula is C22H24N4O3. The smallest absolute Gasteiger partial charge is 0.255 e. The molecule has 3 aromatic rings. The van der Waals surface area contributed by atoms with Gasteiger partial charge in [0.15, 0.2) is 11.5 Å². The summed E-state index contributed by atoms with van der Waals surface area (Å²) in [7, 11) is 4.00. The Labute approximate surface area is 169 Å². The second kappa shape index (κ2) is 8.36. The van der Waals surface area contributed by atoms with Gasteiger partial charge < -0.3 is 19.7 Å². The number of hydrogen-bond acceptors (Lipinski definition) is 5. The Morgan fingerprint density at radius 1 is 1.14 bits per heavy atom.